The fourth-order valence-electron chi connectivity index (χ4n) is 2.89. The molecule has 0 amide bonds. The summed E-state index contributed by atoms with van der Waals surface area (Å²) in [6.45, 7) is 2.27. The first-order chi connectivity index (χ1) is 9.40. The fourth-order valence-corrected chi connectivity index (χ4v) is 2.89. The van der Waals surface area contributed by atoms with E-state index in [2.05, 4.69) is 60.0 Å². The lowest BCUT2D eigenvalue weighted by Crippen LogP contribution is -1.94. The standard InChI is InChI=1S/C18H21N/c1-2-3-4-5-9-15-14-16-10-6-7-11-17(16)19-13-8-12-18(15)19/h6-8,10-14H,2-5,9H2,1H3. The minimum atomic E-state index is 1.19. The Labute approximate surface area is 114 Å². The molecule has 0 N–H and O–H groups in total. The summed E-state index contributed by atoms with van der Waals surface area (Å²) < 4.78 is 2.32. The predicted octanol–water partition coefficient (Wildman–Crippen LogP) is 5.22. The van der Waals surface area contributed by atoms with E-state index >= 15 is 0 Å². The van der Waals surface area contributed by atoms with Gasteiger partial charge in [0.05, 0.1) is 5.52 Å². The van der Waals surface area contributed by atoms with Crippen LogP contribution in [0.15, 0.2) is 48.7 Å². The molecule has 0 aliphatic rings. The monoisotopic (exact) mass is 251 g/mol. The van der Waals surface area contributed by atoms with Gasteiger partial charge in [0, 0.05) is 11.7 Å². The number of hydrogen-bond donors (Lipinski definition) is 0. The number of aromatic nitrogens is 1. The van der Waals surface area contributed by atoms with Crippen LogP contribution < -0.4 is 0 Å². The van der Waals surface area contributed by atoms with Gasteiger partial charge in [-0.3, -0.25) is 0 Å². The highest BCUT2D eigenvalue weighted by atomic mass is 14.9. The average molecular weight is 251 g/mol. The van der Waals surface area contributed by atoms with Crippen LogP contribution in [0.3, 0.4) is 0 Å². The number of pyridine rings is 1. The number of fused-ring (bicyclic) bond motifs is 3. The second kappa shape index (κ2) is 5.48. The van der Waals surface area contributed by atoms with Crippen molar-refractivity contribution in [1.82, 2.24) is 4.40 Å². The zero-order valence-corrected chi connectivity index (χ0v) is 11.6. The van der Waals surface area contributed by atoms with Crippen molar-refractivity contribution in [3.8, 4) is 0 Å². The van der Waals surface area contributed by atoms with E-state index in [0.717, 1.165) is 0 Å². The quantitative estimate of drug-likeness (QED) is 0.548. The molecule has 0 aliphatic heterocycles. The zero-order chi connectivity index (χ0) is 13.1. The number of hydrogen-bond acceptors (Lipinski definition) is 0. The highest BCUT2D eigenvalue weighted by molar-refractivity contribution is 5.84. The summed E-state index contributed by atoms with van der Waals surface area (Å²) in [5.41, 5.74) is 4.16. The Morgan fingerprint density at radius 2 is 1.74 bits per heavy atom. The summed E-state index contributed by atoms with van der Waals surface area (Å²) in [6.07, 6.45) is 8.66. The Morgan fingerprint density at radius 3 is 2.63 bits per heavy atom. The van der Waals surface area contributed by atoms with Crippen LogP contribution in [-0.2, 0) is 6.42 Å². The van der Waals surface area contributed by atoms with E-state index in [4.69, 9.17) is 0 Å². The largest absolute Gasteiger partial charge is 0.316 e. The minimum absolute atomic E-state index is 1.19. The van der Waals surface area contributed by atoms with E-state index < -0.39 is 0 Å². The van der Waals surface area contributed by atoms with Gasteiger partial charge in [-0.25, -0.2) is 0 Å². The maximum absolute atomic E-state index is 2.37. The van der Waals surface area contributed by atoms with Gasteiger partial charge in [-0.05, 0) is 48.1 Å². The van der Waals surface area contributed by atoms with Gasteiger partial charge in [-0.1, -0.05) is 44.4 Å². The van der Waals surface area contributed by atoms with Gasteiger partial charge in [-0.2, -0.15) is 0 Å². The summed E-state index contributed by atoms with van der Waals surface area (Å²) in [5.74, 6) is 0. The Hall–Kier alpha value is -1.76. The molecule has 0 atom stereocenters. The molecule has 1 aromatic carbocycles. The number of unbranched alkanes of at least 4 members (excludes halogenated alkanes) is 3. The van der Waals surface area contributed by atoms with E-state index in [1.54, 1.807) is 0 Å². The molecular weight excluding hydrogens is 230 g/mol. The summed E-state index contributed by atoms with van der Waals surface area (Å²) in [7, 11) is 0. The van der Waals surface area contributed by atoms with Crippen molar-refractivity contribution in [3.63, 3.8) is 0 Å². The van der Waals surface area contributed by atoms with Crippen LogP contribution >= 0.6 is 0 Å². The first-order valence-corrected chi connectivity index (χ1v) is 7.38. The van der Waals surface area contributed by atoms with Crippen molar-refractivity contribution in [1.29, 1.82) is 0 Å². The molecule has 2 heterocycles. The second-order valence-electron chi connectivity index (χ2n) is 5.30. The maximum Gasteiger partial charge on any atom is 0.0528 e. The number of para-hydroxylation sites is 1. The van der Waals surface area contributed by atoms with Crippen molar-refractivity contribution in [2.75, 3.05) is 0 Å². The van der Waals surface area contributed by atoms with Crippen LogP contribution in [-0.4, -0.2) is 4.40 Å². The molecule has 0 spiro atoms. The summed E-state index contributed by atoms with van der Waals surface area (Å²) in [6, 6.07) is 15.4. The number of aryl methyl sites for hydroxylation is 1. The molecule has 98 valence electrons. The lowest BCUT2D eigenvalue weighted by Gasteiger charge is -2.09. The van der Waals surface area contributed by atoms with Gasteiger partial charge in [-0.15, -0.1) is 0 Å². The summed E-state index contributed by atoms with van der Waals surface area (Å²) in [5, 5.41) is 1.34. The van der Waals surface area contributed by atoms with Crippen LogP contribution in [0.2, 0.25) is 0 Å². The Morgan fingerprint density at radius 1 is 0.895 bits per heavy atom. The number of benzene rings is 1. The Balaban J connectivity index is 1.99. The van der Waals surface area contributed by atoms with Crippen molar-refractivity contribution in [2.24, 2.45) is 0 Å². The number of rotatable bonds is 5. The minimum Gasteiger partial charge on any atom is -0.316 e. The fraction of sp³-hybridized carbons (Fsp3) is 0.333. The molecular formula is C18H21N. The SMILES string of the molecule is CCCCCCc1cc2ccccc2n2cccc12. The molecule has 1 heteroatoms. The van der Waals surface area contributed by atoms with Crippen molar-refractivity contribution < 1.29 is 0 Å². The van der Waals surface area contributed by atoms with Gasteiger partial charge in [0.1, 0.15) is 0 Å². The van der Waals surface area contributed by atoms with E-state index in [1.807, 2.05) is 0 Å². The third-order valence-corrected chi connectivity index (χ3v) is 3.90. The molecule has 0 fully saturated rings. The molecule has 0 unspecified atom stereocenters. The lowest BCUT2D eigenvalue weighted by molar-refractivity contribution is 0.668. The molecule has 0 saturated carbocycles. The van der Waals surface area contributed by atoms with Gasteiger partial charge in [0.25, 0.3) is 0 Å². The normalized spacial score (nSPS) is 11.4. The highest BCUT2D eigenvalue weighted by Gasteiger charge is 2.05. The molecule has 2 aromatic heterocycles. The summed E-state index contributed by atoms with van der Waals surface area (Å²) >= 11 is 0. The topological polar surface area (TPSA) is 4.41 Å². The zero-order valence-electron chi connectivity index (χ0n) is 11.6. The van der Waals surface area contributed by atoms with Crippen LogP contribution in [0.5, 0.6) is 0 Å². The smallest absolute Gasteiger partial charge is 0.0528 e. The Bertz CT molecular complexity index is 678. The Kier molecular flexibility index (Phi) is 3.54. The van der Waals surface area contributed by atoms with E-state index in [-0.39, 0.29) is 0 Å². The molecule has 0 aliphatic carbocycles. The highest BCUT2D eigenvalue weighted by Crippen LogP contribution is 2.23. The number of nitrogens with zero attached hydrogens (tertiary/aromatic N) is 1. The van der Waals surface area contributed by atoms with Gasteiger partial charge < -0.3 is 4.40 Å². The van der Waals surface area contributed by atoms with E-state index in [0.29, 0.717) is 0 Å². The third kappa shape index (κ3) is 2.37. The lowest BCUT2D eigenvalue weighted by atomic mass is 10.0. The molecule has 19 heavy (non-hydrogen) atoms. The van der Waals surface area contributed by atoms with Gasteiger partial charge in [0.15, 0.2) is 0 Å². The van der Waals surface area contributed by atoms with Crippen LogP contribution in [0.25, 0.3) is 16.4 Å². The van der Waals surface area contributed by atoms with E-state index in [1.165, 1.54) is 54.1 Å². The molecule has 3 rings (SSSR count). The molecule has 3 aromatic rings. The van der Waals surface area contributed by atoms with Crippen LogP contribution in [0, 0.1) is 0 Å². The van der Waals surface area contributed by atoms with Gasteiger partial charge >= 0.3 is 0 Å². The van der Waals surface area contributed by atoms with Crippen molar-refractivity contribution in [3.05, 3.63) is 54.2 Å². The molecule has 0 saturated heterocycles. The molecule has 0 bridgehead atoms. The second-order valence-corrected chi connectivity index (χ2v) is 5.30. The van der Waals surface area contributed by atoms with Gasteiger partial charge in [0.2, 0.25) is 0 Å². The van der Waals surface area contributed by atoms with Crippen molar-refractivity contribution >= 4 is 16.4 Å². The summed E-state index contributed by atoms with van der Waals surface area (Å²) in [4.78, 5) is 0. The maximum atomic E-state index is 2.37. The van der Waals surface area contributed by atoms with Crippen LogP contribution in [0.1, 0.15) is 38.2 Å². The molecule has 0 radical (unpaired) electrons. The first-order valence-electron chi connectivity index (χ1n) is 7.38. The first kappa shape index (κ1) is 12.3. The predicted molar refractivity (Wildman–Crippen MR) is 82.7 cm³/mol. The average Bonchev–Trinajstić information content (AvgIpc) is 2.93. The molecule has 1 nitrogen and oxygen atoms in total. The van der Waals surface area contributed by atoms with Crippen LogP contribution in [0.4, 0.5) is 0 Å². The van der Waals surface area contributed by atoms with Crippen molar-refractivity contribution in [2.45, 2.75) is 39.0 Å². The third-order valence-electron chi connectivity index (χ3n) is 3.90. The van der Waals surface area contributed by atoms with E-state index in [9.17, 15) is 0 Å².